The van der Waals surface area contributed by atoms with Crippen LogP contribution in [0.3, 0.4) is 0 Å². The summed E-state index contributed by atoms with van der Waals surface area (Å²) in [5.41, 5.74) is 3.45. The molecule has 0 bridgehead atoms. The van der Waals surface area contributed by atoms with Crippen molar-refractivity contribution in [3.8, 4) is 0 Å². The monoisotopic (exact) mass is 433 g/mol. The lowest BCUT2D eigenvalue weighted by molar-refractivity contribution is -0.129. The lowest BCUT2D eigenvalue weighted by atomic mass is 9.95. The smallest absolute Gasteiger partial charge is 0.263 e. The second kappa shape index (κ2) is 9.21. The van der Waals surface area contributed by atoms with E-state index < -0.39 is 0 Å². The van der Waals surface area contributed by atoms with E-state index in [1.54, 1.807) is 35.7 Å². The minimum Gasteiger partial charge on any atom is -0.338 e. The van der Waals surface area contributed by atoms with Gasteiger partial charge in [-0.2, -0.15) is 5.10 Å². The van der Waals surface area contributed by atoms with Gasteiger partial charge in [0, 0.05) is 46.0 Å². The zero-order valence-corrected chi connectivity index (χ0v) is 18.4. The summed E-state index contributed by atoms with van der Waals surface area (Å²) in [6, 6.07) is 11.7. The van der Waals surface area contributed by atoms with Gasteiger partial charge in [0.1, 0.15) is 5.56 Å². The third kappa shape index (κ3) is 4.49. The number of rotatable bonds is 6. The van der Waals surface area contributed by atoms with Crippen LogP contribution in [-0.4, -0.2) is 50.0 Å². The maximum atomic E-state index is 13.4. The predicted molar refractivity (Wildman–Crippen MR) is 120 cm³/mol. The maximum Gasteiger partial charge on any atom is 0.263 e. The number of pyridine rings is 1. The zero-order chi connectivity index (χ0) is 22.7. The molecule has 0 unspecified atom stereocenters. The molecule has 0 radical (unpaired) electrons. The summed E-state index contributed by atoms with van der Waals surface area (Å²) in [7, 11) is 1.68. The molecule has 32 heavy (non-hydrogen) atoms. The average molecular weight is 434 g/mol. The van der Waals surface area contributed by atoms with E-state index in [1.165, 1.54) is 4.90 Å². The fraction of sp³-hybridized carbons (Fsp3) is 0.333. The Morgan fingerprint density at radius 1 is 1.19 bits per heavy atom. The van der Waals surface area contributed by atoms with Gasteiger partial charge in [0.2, 0.25) is 5.91 Å². The molecule has 3 heterocycles. The minimum atomic E-state index is -0.314. The van der Waals surface area contributed by atoms with E-state index in [0.717, 1.165) is 22.4 Å². The van der Waals surface area contributed by atoms with Crippen LogP contribution in [-0.2, 0) is 37.3 Å². The molecule has 0 saturated carbocycles. The maximum absolute atomic E-state index is 13.4. The highest BCUT2D eigenvalue weighted by atomic mass is 16.2. The highest BCUT2D eigenvalue weighted by Crippen LogP contribution is 2.22. The number of carbonyl (C=O) groups is 2. The van der Waals surface area contributed by atoms with Crippen LogP contribution in [0, 0.1) is 0 Å². The Hall–Kier alpha value is -3.68. The second-order valence-electron chi connectivity index (χ2n) is 8.18. The number of amides is 2. The molecule has 1 aliphatic heterocycles. The van der Waals surface area contributed by atoms with Gasteiger partial charge < -0.3 is 14.4 Å². The lowest BCUT2D eigenvalue weighted by Crippen LogP contribution is -2.41. The molecule has 0 fully saturated rings. The number of nitrogens with zero attached hydrogens (tertiary/aromatic N) is 4. The molecule has 2 amide bonds. The summed E-state index contributed by atoms with van der Waals surface area (Å²) >= 11 is 0. The van der Waals surface area contributed by atoms with Gasteiger partial charge in [0.25, 0.3) is 11.5 Å². The van der Waals surface area contributed by atoms with E-state index in [-0.39, 0.29) is 22.9 Å². The number of benzene rings is 1. The van der Waals surface area contributed by atoms with Crippen molar-refractivity contribution in [3.05, 3.63) is 87.1 Å². The molecule has 0 atom stereocenters. The quantitative estimate of drug-likeness (QED) is 0.644. The SMILES string of the molecule is CC(=O)N1CCc2c(cn(CCc3ccccc3)c(=O)c2C(=O)N(C)Cc2ccn[nH]2)C1. The Balaban J connectivity index is 1.70. The van der Waals surface area contributed by atoms with Crippen molar-refractivity contribution >= 4 is 11.8 Å². The Morgan fingerprint density at radius 2 is 1.97 bits per heavy atom. The normalized spacial score (nSPS) is 13.0. The standard InChI is InChI=1S/C24H27N5O3/c1-17(30)28-13-10-21-19(14-28)15-29(12-9-18-6-4-3-5-7-18)24(32)22(21)23(31)27(2)16-20-8-11-25-26-20/h3-8,11,15H,9-10,12-14,16H2,1-2H3,(H,25,26). The molecule has 1 aromatic carbocycles. The molecule has 0 spiro atoms. The van der Waals surface area contributed by atoms with Crippen LogP contribution in [0.15, 0.2) is 53.6 Å². The molecular weight excluding hydrogens is 406 g/mol. The van der Waals surface area contributed by atoms with Crippen molar-refractivity contribution in [1.82, 2.24) is 24.6 Å². The second-order valence-corrected chi connectivity index (χ2v) is 8.18. The van der Waals surface area contributed by atoms with Gasteiger partial charge in [0.15, 0.2) is 0 Å². The van der Waals surface area contributed by atoms with Gasteiger partial charge in [0.05, 0.1) is 12.2 Å². The number of aryl methyl sites for hydroxylation is 2. The summed E-state index contributed by atoms with van der Waals surface area (Å²) in [4.78, 5) is 42.1. The van der Waals surface area contributed by atoms with Crippen molar-refractivity contribution in [2.24, 2.45) is 0 Å². The first-order chi connectivity index (χ1) is 15.4. The van der Waals surface area contributed by atoms with E-state index in [2.05, 4.69) is 10.2 Å². The van der Waals surface area contributed by atoms with Crippen LogP contribution in [0.5, 0.6) is 0 Å². The Morgan fingerprint density at radius 3 is 2.66 bits per heavy atom. The van der Waals surface area contributed by atoms with Crippen LogP contribution in [0.4, 0.5) is 0 Å². The zero-order valence-electron chi connectivity index (χ0n) is 18.4. The van der Waals surface area contributed by atoms with Crippen molar-refractivity contribution in [1.29, 1.82) is 0 Å². The topological polar surface area (TPSA) is 91.3 Å². The first kappa shape index (κ1) is 21.5. The van der Waals surface area contributed by atoms with Gasteiger partial charge >= 0.3 is 0 Å². The summed E-state index contributed by atoms with van der Waals surface area (Å²) in [6.07, 6.45) is 4.61. The van der Waals surface area contributed by atoms with E-state index >= 15 is 0 Å². The molecule has 3 aromatic rings. The van der Waals surface area contributed by atoms with E-state index in [1.807, 2.05) is 36.5 Å². The van der Waals surface area contributed by atoms with Gasteiger partial charge in [-0.25, -0.2) is 0 Å². The molecule has 0 saturated heterocycles. The van der Waals surface area contributed by atoms with Crippen molar-refractivity contribution in [2.75, 3.05) is 13.6 Å². The third-order valence-electron chi connectivity index (χ3n) is 5.92. The van der Waals surface area contributed by atoms with Crippen molar-refractivity contribution < 1.29 is 9.59 Å². The first-order valence-electron chi connectivity index (χ1n) is 10.7. The molecule has 4 rings (SSSR count). The fourth-order valence-electron chi connectivity index (χ4n) is 4.15. The summed E-state index contributed by atoms with van der Waals surface area (Å²) in [5.74, 6) is -0.326. The van der Waals surface area contributed by atoms with Gasteiger partial charge in [-0.15, -0.1) is 0 Å². The van der Waals surface area contributed by atoms with Crippen LogP contribution < -0.4 is 5.56 Å². The Kier molecular flexibility index (Phi) is 6.20. The Bertz CT molecular complexity index is 1170. The molecule has 166 valence electrons. The van der Waals surface area contributed by atoms with Crippen LogP contribution >= 0.6 is 0 Å². The highest BCUT2D eigenvalue weighted by Gasteiger charge is 2.28. The number of H-pyrrole nitrogens is 1. The molecule has 0 aliphatic carbocycles. The third-order valence-corrected chi connectivity index (χ3v) is 5.92. The fourth-order valence-corrected chi connectivity index (χ4v) is 4.15. The highest BCUT2D eigenvalue weighted by molar-refractivity contribution is 5.95. The molecule has 2 aromatic heterocycles. The molecule has 1 aliphatic rings. The number of nitrogens with one attached hydrogen (secondary N) is 1. The van der Waals surface area contributed by atoms with E-state index in [4.69, 9.17) is 0 Å². The van der Waals surface area contributed by atoms with E-state index in [9.17, 15) is 14.4 Å². The van der Waals surface area contributed by atoms with Crippen molar-refractivity contribution in [3.63, 3.8) is 0 Å². The number of aromatic nitrogens is 3. The lowest BCUT2D eigenvalue weighted by Gasteiger charge is -2.30. The summed E-state index contributed by atoms with van der Waals surface area (Å²) in [6.45, 7) is 3.23. The summed E-state index contributed by atoms with van der Waals surface area (Å²) in [5, 5.41) is 6.77. The number of carbonyl (C=O) groups excluding carboxylic acids is 2. The van der Waals surface area contributed by atoms with E-state index in [0.29, 0.717) is 39.0 Å². The van der Waals surface area contributed by atoms with Crippen LogP contribution in [0.2, 0.25) is 0 Å². The minimum absolute atomic E-state index is 0.0121. The molecule has 8 nitrogen and oxygen atoms in total. The van der Waals surface area contributed by atoms with Gasteiger partial charge in [-0.05, 0) is 35.6 Å². The van der Waals surface area contributed by atoms with Crippen LogP contribution in [0.25, 0.3) is 0 Å². The molecular formula is C24H27N5O3. The van der Waals surface area contributed by atoms with Crippen molar-refractivity contribution in [2.45, 2.75) is 39.4 Å². The average Bonchev–Trinajstić information content (AvgIpc) is 3.30. The van der Waals surface area contributed by atoms with Gasteiger partial charge in [-0.3, -0.25) is 19.5 Å². The summed E-state index contributed by atoms with van der Waals surface area (Å²) < 4.78 is 1.62. The van der Waals surface area contributed by atoms with Crippen LogP contribution in [0.1, 0.15) is 39.7 Å². The molecule has 1 N–H and O–H groups in total. The first-order valence-corrected chi connectivity index (χ1v) is 10.7. The van der Waals surface area contributed by atoms with Gasteiger partial charge in [-0.1, -0.05) is 30.3 Å². The number of aromatic amines is 1. The predicted octanol–water partition coefficient (Wildman–Crippen LogP) is 1.99. The number of fused-ring (bicyclic) bond motifs is 1. The number of hydrogen-bond acceptors (Lipinski definition) is 4. The number of hydrogen-bond donors (Lipinski definition) is 1. The molecule has 8 heteroatoms. The largest absolute Gasteiger partial charge is 0.338 e. The Labute approximate surface area is 186 Å².